The summed E-state index contributed by atoms with van der Waals surface area (Å²) in [6.45, 7) is 0.641. The standard InChI is InChI=1S/C15H14BrIO/c16-14-8-4-5-12(9-14)11-18-15(10-17)13-6-2-1-3-7-13/h1-9,15H,10-11H2. The Labute approximate surface area is 130 Å². The topological polar surface area (TPSA) is 9.23 Å². The molecule has 0 fully saturated rings. The molecule has 0 radical (unpaired) electrons. The summed E-state index contributed by atoms with van der Waals surface area (Å²) in [4.78, 5) is 0. The number of halogens is 2. The van der Waals surface area contributed by atoms with Crippen molar-refractivity contribution in [1.29, 1.82) is 0 Å². The first kappa shape index (κ1) is 14.0. The second-order valence-corrected chi connectivity index (χ2v) is 5.79. The summed E-state index contributed by atoms with van der Waals surface area (Å²) in [6.07, 6.45) is 0.158. The number of benzene rings is 2. The highest BCUT2D eigenvalue weighted by molar-refractivity contribution is 14.1. The number of hydrogen-bond donors (Lipinski definition) is 0. The first-order chi connectivity index (χ1) is 8.79. The van der Waals surface area contributed by atoms with Gasteiger partial charge >= 0.3 is 0 Å². The molecule has 0 heterocycles. The van der Waals surface area contributed by atoms with Gasteiger partial charge in [0.25, 0.3) is 0 Å². The molecule has 0 aliphatic heterocycles. The maximum atomic E-state index is 5.99. The molecule has 0 saturated carbocycles. The van der Waals surface area contributed by atoms with Crippen LogP contribution in [0.3, 0.4) is 0 Å². The van der Waals surface area contributed by atoms with E-state index in [1.54, 1.807) is 0 Å². The van der Waals surface area contributed by atoms with Crippen LogP contribution in [0.1, 0.15) is 17.2 Å². The minimum Gasteiger partial charge on any atom is -0.368 e. The lowest BCUT2D eigenvalue weighted by atomic mass is 10.1. The highest BCUT2D eigenvalue weighted by atomic mass is 127. The average molecular weight is 417 g/mol. The van der Waals surface area contributed by atoms with Gasteiger partial charge in [0, 0.05) is 8.90 Å². The Morgan fingerprint density at radius 1 is 1.06 bits per heavy atom. The molecular formula is C15H14BrIO. The van der Waals surface area contributed by atoms with E-state index in [9.17, 15) is 0 Å². The molecule has 1 nitrogen and oxygen atoms in total. The Morgan fingerprint density at radius 3 is 2.50 bits per heavy atom. The number of ether oxygens (including phenoxy) is 1. The largest absolute Gasteiger partial charge is 0.368 e. The van der Waals surface area contributed by atoms with Crippen molar-refractivity contribution in [2.24, 2.45) is 0 Å². The van der Waals surface area contributed by atoms with E-state index < -0.39 is 0 Å². The van der Waals surface area contributed by atoms with Crippen molar-refractivity contribution in [3.05, 3.63) is 70.2 Å². The second-order valence-electron chi connectivity index (χ2n) is 3.99. The highest BCUT2D eigenvalue weighted by Crippen LogP contribution is 2.22. The van der Waals surface area contributed by atoms with Crippen LogP contribution >= 0.6 is 38.5 Å². The second kappa shape index (κ2) is 7.26. The SMILES string of the molecule is Brc1cccc(COC(CI)c2ccccc2)c1. The van der Waals surface area contributed by atoms with Crippen molar-refractivity contribution in [3.8, 4) is 0 Å². The summed E-state index contributed by atoms with van der Waals surface area (Å²) >= 11 is 5.84. The molecule has 0 spiro atoms. The monoisotopic (exact) mass is 416 g/mol. The number of hydrogen-bond acceptors (Lipinski definition) is 1. The molecule has 1 atom stereocenters. The Bertz CT molecular complexity index is 487. The minimum absolute atomic E-state index is 0.158. The molecule has 94 valence electrons. The summed E-state index contributed by atoms with van der Waals surface area (Å²) in [5, 5.41) is 0. The van der Waals surface area contributed by atoms with Crippen LogP contribution in [0.15, 0.2) is 59.1 Å². The Hall–Kier alpha value is -0.390. The smallest absolute Gasteiger partial charge is 0.0918 e. The van der Waals surface area contributed by atoms with E-state index in [-0.39, 0.29) is 6.10 Å². The third-order valence-electron chi connectivity index (χ3n) is 2.65. The first-order valence-corrected chi connectivity index (χ1v) is 8.08. The van der Waals surface area contributed by atoms with Crippen LogP contribution < -0.4 is 0 Å². The van der Waals surface area contributed by atoms with E-state index in [1.807, 2.05) is 18.2 Å². The molecule has 0 aromatic heterocycles. The van der Waals surface area contributed by atoms with E-state index in [1.165, 1.54) is 11.1 Å². The summed E-state index contributed by atoms with van der Waals surface area (Å²) in [7, 11) is 0. The molecule has 3 heteroatoms. The molecular weight excluding hydrogens is 403 g/mol. The van der Waals surface area contributed by atoms with E-state index in [2.05, 4.69) is 74.9 Å². The minimum atomic E-state index is 0.158. The fraction of sp³-hybridized carbons (Fsp3) is 0.200. The molecule has 0 amide bonds. The zero-order chi connectivity index (χ0) is 12.8. The van der Waals surface area contributed by atoms with Gasteiger partial charge in [-0.3, -0.25) is 0 Å². The Morgan fingerprint density at radius 2 is 1.83 bits per heavy atom. The summed E-state index contributed by atoms with van der Waals surface area (Å²) in [5.41, 5.74) is 2.43. The third kappa shape index (κ3) is 4.07. The fourth-order valence-corrected chi connectivity index (χ4v) is 2.93. The molecule has 0 N–H and O–H groups in total. The van der Waals surface area contributed by atoms with E-state index in [0.29, 0.717) is 6.61 Å². The van der Waals surface area contributed by atoms with Gasteiger partial charge in [0.05, 0.1) is 12.7 Å². The summed E-state index contributed by atoms with van der Waals surface area (Å²) < 4.78 is 8.04. The predicted octanol–water partition coefficient (Wildman–Crippen LogP) is 5.14. The van der Waals surface area contributed by atoms with Gasteiger partial charge in [-0.1, -0.05) is 81.0 Å². The zero-order valence-electron chi connectivity index (χ0n) is 9.85. The van der Waals surface area contributed by atoms with Crippen LogP contribution in [-0.4, -0.2) is 4.43 Å². The Kier molecular flexibility index (Phi) is 5.66. The molecule has 0 saturated heterocycles. The molecule has 0 bridgehead atoms. The van der Waals surface area contributed by atoms with Gasteiger partial charge in [-0.15, -0.1) is 0 Å². The van der Waals surface area contributed by atoms with Crippen LogP contribution in [0, 0.1) is 0 Å². The molecule has 2 rings (SSSR count). The van der Waals surface area contributed by atoms with Gasteiger partial charge < -0.3 is 4.74 Å². The van der Waals surface area contributed by atoms with E-state index in [4.69, 9.17) is 4.74 Å². The van der Waals surface area contributed by atoms with Gasteiger partial charge in [0.15, 0.2) is 0 Å². The number of alkyl halides is 1. The molecule has 0 aliphatic carbocycles. The molecule has 2 aromatic carbocycles. The summed E-state index contributed by atoms with van der Waals surface area (Å²) in [5.74, 6) is 0. The quantitative estimate of drug-likeness (QED) is 0.484. The van der Waals surface area contributed by atoms with Crippen LogP contribution in [0.2, 0.25) is 0 Å². The maximum absolute atomic E-state index is 5.99. The zero-order valence-corrected chi connectivity index (χ0v) is 13.6. The van der Waals surface area contributed by atoms with E-state index in [0.717, 1.165) is 8.90 Å². The number of rotatable bonds is 5. The lowest BCUT2D eigenvalue weighted by Gasteiger charge is -2.16. The predicted molar refractivity (Wildman–Crippen MR) is 87.0 cm³/mol. The van der Waals surface area contributed by atoms with Gasteiger partial charge in [0.2, 0.25) is 0 Å². The van der Waals surface area contributed by atoms with E-state index >= 15 is 0 Å². The van der Waals surface area contributed by atoms with Gasteiger partial charge in [-0.25, -0.2) is 0 Å². The van der Waals surface area contributed by atoms with Crippen LogP contribution in [-0.2, 0) is 11.3 Å². The maximum Gasteiger partial charge on any atom is 0.0918 e. The van der Waals surface area contributed by atoms with Crippen molar-refractivity contribution in [1.82, 2.24) is 0 Å². The third-order valence-corrected chi connectivity index (χ3v) is 3.94. The average Bonchev–Trinajstić information content (AvgIpc) is 2.41. The van der Waals surface area contributed by atoms with Crippen LogP contribution in [0.25, 0.3) is 0 Å². The highest BCUT2D eigenvalue weighted by Gasteiger charge is 2.09. The van der Waals surface area contributed by atoms with Crippen LogP contribution in [0.4, 0.5) is 0 Å². The van der Waals surface area contributed by atoms with Crippen molar-refractivity contribution in [2.45, 2.75) is 12.7 Å². The van der Waals surface area contributed by atoms with Gasteiger partial charge in [-0.2, -0.15) is 0 Å². The summed E-state index contributed by atoms with van der Waals surface area (Å²) in [6, 6.07) is 18.6. The first-order valence-electron chi connectivity index (χ1n) is 5.76. The van der Waals surface area contributed by atoms with Crippen molar-refractivity contribution < 1.29 is 4.74 Å². The van der Waals surface area contributed by atoms with Crippen molar-refractivity contribution in [2.75, 3.05) is 4.43 Å². The van der Waals surface area contributed by atoms with Crippen molar-refractivity contribution >= 4 is 38.5 Å². The molecule has 1 unspecified atom stereocenters. The lowest BCUT2D eigenvalue weighted by Crippen LogP contribution is -2.05. The van der Waals surface area contributed by atoms with Gasteiger partial charge in [-0.05, 0) is 23.3 Å². The molecule has 2 aromatic rings. The molecule has 0 aliphatic rings. The van der Waals surface area contributed by atoms with Crippen molar-refractivity contribution in [3.63, 3.8) is 0 Å². The Balaban J connectivity index is 2.00. The van der Waals surface area contributed by atoms with Crippen LogP contribution in [0.5, 0.6) is 0 Å². The normalized spacial score (nSPS) is 12.3. The molecule has 18 heavy (non-hydrogen) atoms. The lowest BCUT2D eigenvalue weighted by molar-refractivity contribution is 0.0577. The van der Waals surface area contributed by atoms with Gasteiger partial charge in [0.1, 0.15) is 0 Å². The fourth-order valence-electron chi connectivity index (χ4n) is 1.72.